The lowest BCUT2D eigenvalue weighted by molar-refractivity contribution is 0.590. The summed E-state index contributed by atoms with van der Waals surface area (Å²) in [6, 6.07) is 67.9. The molecule has 1 aliphatic carbocycles. The number of furan rings is 1. The van der Waals surface area contributed by atoms with E-state index in [1.807, 2.05) is 11.3 Å². The smallest absolute Gasteiger partial charge is 0.211 e. The minimum atomic E-state index is -0.248. The van der Waals surface area contributed by atoms with Gasteiger partial charge in [0.2, 0.25) is 7.28 Å². The van der Waals surface area contributed by atoms with Crippen LogP contribution in [0.5, 0.6) is 0 Å². The number of hydrogen-bond acceptors (Lipinski definition) is 4. The standard InChI is InChI=1S/C67H56BN3OS/c1-65(2,3)39-23-26-41(27-24-39)69-56-37-55-49(48-34-44(28-31-54(48)67(55,7)8)70(42-17-11-9-12-18-42)43-19-13-10-14-20-43)35-50(56)46-29-30-47-51-36-52-45-21-15-16-22-58(45)72-59(52)38-57(51)71-62(47)61(46)68-64-63(71)53-33-40(66(4,5)6)25-32-60(53)73-64/h9-38,68-69H,1-8H3. The van der Waals surface area contributed by atoms with E-state index in [4.69, 9.17) is 4.42 Å². The number of aromatic nitrogens is 1. The molecule has 4 nitrogen and oxygen atoms in total. The number of nitrogens with zero attached hydrogens (tertiary/aromatic N) is 2. The molecule has 1 aliphatic heterocycles. The van der Waals surface area contributed by atoms with E-state index in [1.54, 1.807) is 0 Å². The van der Waals surface area contributed by atoms with Crippen LogP contribution in [-0.2, 0) is 16.2 Å². The molecule has 6 heteroatoms. The average molecular weight is 962 g/mol. The van der Waals surface area contributed by atoms with Gasteiger partial charge in [-0.2, -0.15) is 0 Å². The molecule has 0 amide bonds. The largest absolute Gasteiger partial charge is 0.456 e. The van der Waals surface area contributed by atoms with Gasteiger partial charge < -0.3 is 19.2 Å². The molecule has 0 unspecified atom stereocenters. The summed E-state index contributed by atoms with van der Waals surface area (Å²) in [5.74, 6) is 0. The molecular weight excluding hydrogens is 906 g/mol. The maximum absolute atomic E-state index is 6.66. The van der Waals surface area contributed by atoms with Crippen LogP contribution in [0.15, 0.2) is 186 Å². The number of para-hydroxylation sites is 3. The average Bonchev–Trinajstić information content (AvgIpc) is 4.11. The summed E-state index contributed by atoms with van der Waals surface area (Å²) in [6.45, 7) is 18.6. The van der Waals surface area contributed by atoms with Crippen molar-refractivity contribution >= 4 is 111 Å². The number of thiophene rings is 1. The molecule has 0 bridgehead atoms. The third-order valence-corrected chi connectivity index (χ3v) is 17.3. The maximum Gasteiger partial charge on any atom is 0.211 e. The minimum absolute atomic E-state index is 0.0105. The number of nitrogens with one attached hydrogen (secondary N) is 1. The van der Waals surface area contributed by atoms with Crippen LogP contribution in [0, 0.1) is 0 Å². The summed E-state index contributed by atoms with van der Waals surface area (Å²) in [7, 11) is 0.827. The van der Waals surface area contributed by atoms with Crippen LogP contribution in [0.25, 0.3) is 81.8 Å². The lowest BCUT2D eigenvalue weighted by atomic mass is 9.63. The van der Waals surface area contributed by atoms with Crippen LogP contribution in [0.3, 0.4) is 0 Å². The first-order chi connectivity index (χ1) is 35.2. The van der Waals surface area contributed by atoms with Crippen LogP contribution in [-0.4, -0.2) is 11.8 Å². The summed E-state index contributed by atoms with van der Waals surface area (Å²) in [5.41, 5.74) is 22.7. The van der Waals surface area contributed by atoms with Crippen LogP contribution in [0.2, 0.25) is 0 Å². The molecule has 0 saturated carbocycles. The molecule has 4 heterocycles. The predicted molar refractivity (Wildman–Crippen MR) is 315 cm³/mol. The number of rotatable bonds is 6. The molecule has 0 spiro atoms. The van der Waals surface area contributed by atoms with Crippen molar-refractivity contribution < 1.29 is 4.42 Å². The van der Waals surface area contributed by atoms with Crippen molar-refractivity contribution in [2.24, 2.45) is 0 Å². The Morgan fingerprint density at radius 2 is 1.21 bits per heavy atom. The molecule has 1 N–H and O–H groups in total. The Hall–Kier alpha value is -7.80. The molecule has 0 radical (unpaired) electrons. The van der Waals surface area contributed by atoms with E-state index in [9.17, 15) is 0 Å². The monoisotopic (exact) mass is 961 g/mol. The van der Waals surface area contributed by atoms with Gasteiger partial charge in [-0.25, -0.2) is 0 Å². The molecule has 354 valence electrons. The second kappa shape index (κ2) is 15.6. The Labute approximate surface area is 431 Å². The minimum Gasteiger partial charge on any atom is -0.456 e. The van der Waals surface area contributed by atoms with Gasteiger partial charge in [0, 0.05) is 82.6 Å². The lowest BCUT2D eigenvalue weighted by Crippen LogP contribution is -2.35. The summed E-state index contributed by atoms with van der Waals surface area (Å²) >= 11 is 1.95. The summed E-state index contributed by atoms with van der Waals surface area (Å²) in [4.78, 5) is 2.38. The van der Waals surface area contributed by atoms with Crippen LogP contribution in [0.4, 0.5) is 28.4 Å². The Morgan fingerprint density at radius 3 is 1.93 bits per heavy atom. The molecule has 12 aromatic rings. The SMILES string of the molecule is CC(C)(C)c1ccc(Nc2cc3c(cc2-c2ccc4c5cc6c(cc5n5c4c2Bc2sc4ccc(C(C)(C)C)cc4c2-5)oc2ccccc26)-c2cc(N(c4ccccc4)c4ccccc4)ccc2C3(C)C)cc1. The zero-order chi connectivity index (χ0) is 49.7. The van der Waals surface area contributed by atoms with E-state index < -0.39 is 0 Å². The van der Waals surface area contributed by atoms with Crippen molar-refractivity contribution in [2.45, 2.75) is 71.6 Å². The molecule has 0 saturated heterocycles. The van der Waals surface area contributed by atoms with Gasteiger partial charge in [-0.3, -0.25) is 0 Å². The molecule has 0 atom stereocenters. The van der Waals surface area contributed by atoms with Crippen molar-refractivity contribution in [1.82, 2.24) is 4.57 Å². The van der Waals surface area contributed by atoms with E-state index in [2.05, 4.69) is 252 Å². The first kappa shape index (κ1) is 43.9. The van der Waals surface area contributed by atoms with Gasteiger partial charge in [0.05, 0.1) is 11.2 Å². The molecule has 73 heavy (non-hydrogen) atoms. The number of benzene rings is 9. The Morgan fingerprint density at radius 1 is 0.521 bits per heavy atom. The number of fused-ring (bicyclic) bond motifs is 13. The Kier molecular flexibility index (Phi) is 9.39. The molecule has 2 aliphatic rings. The van der Waals surface area contributed by atoms with Gasteiger partial charge in [-0.05, 0) is 145 Å². The van der Waals surface area contributed by atoms with Crippen molar-refractivity contribution in [1.29, 1.82) is 0 Å². The fourth-order valence-electron chi connectivity index (χ4n) is 12.2. The summed E-state index contributed by atoms with van der Waals surface area (Å²) in [6.07, 6.45) is 0. The maximum atomic E-state index is 6.66. The second-order valence-electron chi connectivity index (χ2n) is 23.1. The molecular formula is C67H56BN3OS. The van der Waals surface area contributed by atoms with E-state index in [0.29, 0.717) is 0 Å². The quantitative estimate of drug-likeness (QED) is 0.169. The topological polar surface area (TPSA) is 33.3 Å². The van der Waals surface area contributed by atoms with E-state index in [0.717, 1.165) is 57.7 Å². The van der Waals surface area contributed by atoms with Crippen LogP contribution >= 0.6 is 11.3 Å². The van der Waals surface area contributed by atoms with Gasteiger partial charge in [0.25, 0.3) is 0 Å². The molecule has 9 aromatic carbocycles. The van der Waals surface area contributed by atoms with E-state index >= 15 is 0 Å². The van der Waals surface area contributed by atoms with E-state index in [1.165, 1.54) is 92.3 Å². The van der Waals surface area contributed by atoms with Crippen LogP contribution in [0.1, 0.15) is 77.6 Å². The molecule has 0 fully saturated rings. The lowest BCUT2D eigenvalue weighted by Gasteiger charge is -2.27. The Balaban J connectivity index is 1.04. The summed E-state index contributed by atoms with van der Waals surface area (Å²) in [5, 5.41) is 10.2. The van der Waals surface area contributed by atoms with Gasteiger partial charge >= 0.3 is 0 Å². The first-order valence-corrected chi connectivity index (χ1v) is 26.6. The third kappa shape index (κ3) is 6.72. The predicted octanol–water partition coefficient (Wildman–Crippen LogP) is 17.4. The van der Waals surface area contributed by atoms with Gasteiger partial charge in [0.1, 0.15) is 11.2 Å². The van der Waals surface area contributed by atoms with E-state index in [-0.39, 0.29) is 16.2 Å². The first-order valence-electron chi connectivity index (χ1n) is 25.8. The highest BCUT2D eigenvalue weighted by Crippen LogP contribution is 2.54. The van der Waals surface area contributed by atoms with Crippen molar-refractivity contribution in [3.05, 3.63) is 204 Å². The Bertz CT molecular complexity index is 4200. The molecule has 3 aromatic heterocycles. The van der Waals surface area contributed by atoms with Gasteiger partial charge in [-0.15, -0.1) is 11.3 Å². The van der Waals surface area contributed by atoms with Crippen molar-refractivity contribution in [2.75, 3.05) is 10.2 Å². The zero-order valence-corrected chi connectivity index (χ0v) is 43.6. The summed E-state index contributed by atoms with van der Waals surface area (Å²) < 4.78 is 12.0. The van der Waals surface area contributed by atoms with Gasteiger partial charge in [0.15, 0.2) is 0 Å². The third-order valence-electron chi connectivity index (χ3n) is 16.1. The number of hydrogen-bond donors (Lipinski definition) is 1. The fourth-order valence-corrected chi connectivity index (χ4v) is 13.4. The van der Waals surface area contributed by atoms with Gasteiger partial charge in [-0.1, -0.05) is 146 Å². The highest BCUT2D eigenvalue weighted by atomic mass is 32.1. The van der Waals surface area contributed by atoms with Crippen molar-refractivity contribution in [3.63, 3.8) is 0 Å². The highest BCUT2D eigenvalue weighted by molar-refractivity contribution is 7.29. The van der Waals surface area contributed by atoms with Crippen LogP contribution < -0.4 is 20.5 Å². The zero-order valence-electron chi connectivity index (χ0n) is 42.7. The highest BCUT2D eigenvalue weighted by Gasteiger charge is 2.38. The fraction of sp³-hybridized carbons (Fsp3) is 0.164. The number of anilines is 5. The second-order valence-corrected chi connectivity index (χ2v) is 24.2. The normalized spacial score (nSPS) is 13.7. The molecule has 14 rings (SSSR count). The van der Waals surface area contributed by atoms with Crippen molar-refractivity contribution in [3.8, 4) is 27.9 Å².